The van der Waals surface area contributed by atoms with Crippen LogP contribution in [0.4, 0.5) is 0 Å². The third kappa shape index (κ3) is 11.0. The number of nitrogens with one attached hydrogen (secondary N) is 1. The molecule has 0 aromatic rings. The molecule has 0 aromatic heterocycles. The van der Waals surface area contributed by atoms with Crippen LogP contribution in [-0.2, 0) is 0 Å². The van der Waals surface area contributed by atoms with Crippen molar-refractivity contribution in [2.45, 2.75) is 97.4 Å². The number of unbranched alkanes of at least 4 members (excludes halogenated alkanes) is 7. The first-order valence-corrected chi connectivity index (χ1v) is 8.20. The van der Waals surface area contributed by atoms with Crippen molar-refractivity contribution >= 4 is 0 Å². The van der Waals surface area contributed by atoms with Gasteiger partial charge in [-0.3, -0.25) is 11.3 Å². The summed E-state index contributed by atoms with van der Waals surface area (Å²) in [5.74, 6) is 6.41. The molecule has 2 atom stereocenters. The molecule has 0 bridgehead atoms. The molecular formula is C16H36N2. The SMILES string of the molecule is CCCCCCCCCCC(CC(C)CC)NN. The van der Waals surface area contributed by atoms with Crippen molar-refractivity contribution in [2.75, 3.05) is 0 Å². The quantitative estimate of drug-likeness (QED) is 0.282. The van der Waals surface area contributed by atoms with E-state index in [-0.39, 0.29) is 0 Å². The van der Waals surface area contributed by atoms with Gasteiger partial charge in [-0.05, 0) is 18.8 Å². The van der Waals surface area contributed by atoms with E-state index in [1.165, 1.54) is 70.6 Å². The van der Waals surface area contributed by atoms with E-state index in [4.69, 9.17) is 5.84 Å². The zero-order chi connectivity index (χ0) is 13.6. The van der Waals surface area contributed by atoms with Gasteiger partial charge in [0.05, 0.1) is 0 Å². The molecule has 0 rings (SSSR count). The first-order chi connectivity index (χ1) is 8.74. The van der Waals surface area contributed by atoms with Crippen LogP contribution < -0.4 is 11.3 Å². The van der Waals surface area contributed by atoms with Crippen LogP contribution >= 0.6 is 0 Å². The fourth-order valence-corrected chi connectivity index (χ4v) is 2.45. The van der Waals surface area contributed by atoms with E-state index in [0.717, 1.165) is 5.92 Å². The molecule has 0 amide bonds. The molecule has 3 N–H and O–H groups in total. The molecule has 0 aliphatic heterocycles. The fourth-order valence-electron chi connectivity index (χ4n) is 2.45. The first-order valence-electron chi connectivity index (χ1n) is 8.20. The summed E-state index contributed by atoms with van der Waals surface area (Å²) in [6.45, 7) is 6.85. The molecule has 110 valence electrons. The summed E-state index contributed by atoms with van der Waals surface area (Å²) < 4.78 is 0. The van der Waals surface area contributed by atoms with Gasteiger partial charge in [0, 0.05) is 6.04 Å². The molecule has 0 fully saturated rings. The Hall–Kier alpha value is -0.0800. The molecule has 0 aliphatic rings. The number of hydrogen-bond donors (Lipinski definition) is 2. The maximum atomic E-state index is 5.62. The molecule has 2 unspecified atom stereocenters. The summed E-state index contributed by atoms with van der Waals surface area (Å²) in [7, 11) is 0. The van der Waals surface area contributed by atoms with E-state index < -0.39 is 0 Å². The Bertz CT molecular complexity index is 159. The van der Waals surface area contributed by atoms with Crippen molar-refractivity contribution in [1.29, 1.82) is 0 Å². The Morgan fingerprint density at radius 3 is 1.94 bits per heavy atom. The van der Waals surface area contributed by atoms with Gasteiger partial charge >= 0.3 is 0 Å². The second-order valence-corrected chi connectivity index (χ2v) is 5.88. The normalized spacial score (nSPS) is 14.7. The highest BCUT2D eigenvalue weighted by Gasteiger charge is 2.09. The Balaban J connectivity index is 3.34. The Labute approximate surface area is 115 Å². The van der Waals surface area contributed by atoms with Crippen LogP contribution in [0.2, 0.25) is 0 Å². The van der Waals surface area contributed by atoms with Crippen LogP contribution in [0.25, 0.3) is 0 Å². The summed E-state index contributed by atoms with van der Waals surface area (Å²) in [5, 5.41) is 0. The zero-order valence-electron chi connectivity index (χ0n) is 13.0. The fraction of sp³-hybridized carbons (Fsp3) is 1.00. The minimum absolute atomic E-state index is 0.528. The number of nitrogens with two attached hydrogens (primary N) is 1. The van der Waals surface area contributed by atoms with Crippen LogP contribution in [0.3, 0.4) is 0 Å². The first kappa shape index (κ1) is 17.9. The summed E-state index contributed by atoms with van der Waals surface area (Å²) in [6.07, 6.45) is 14.9. The molecule has 0 heterocycles. The highest BCUT2D eigenvalue weighted by molar-refractivity contribution is 4.67. The van der Waals surface area contributed by atoms with E-state index in [0.29, 0.717) is 6.04 Å². The van der Waals surface area contributed by atoms with Crippen molar-refractivity contribution in [3.63, 3.8) is 0 Å². The van der Waals surface area contributed by atoms with Crippen LogP contribution in [0.5, 0.6) is 0 Å². The third-order valence-electron chi connectivity index (χ3n) is 4.03. The van der Waals surface area contributed by atoms with Gasteiger partial charge in [0.15, 0.2) is 0 Å². The average molecular weight is 256 g/mol. The van der Waals surface area contributed by atoms with E-state index in [1.54, 1.807) is 0 Å². The summed E-state index contributed by atoms with van der Waals surface area (Å²) >= 11 is 0. The highest BCUT2D eigenvalue weighted by Crippen LogP contribution is 2.15. The lowest BCUT2D eigenvalue weighted by atomic mass is 9.95. The smallest absolute Gasteiger partial charge is 0.0213 e. The molecule has 0 saturated heterocycles. The van der Waals surface area contributed by atoms with Crippen molar-refractivity contribution in [3.8, 4) is 0 Å². The molecule has 0 aromatic carbocycles. The molecule has 18 heavy (non-hydrogen) atoms. The summed E-state index contributed by atoms with van der Waals surface area (Å²) in [4.78, 5) is 0. The minimum atomic E-state index is 0.528. The lowest BCUT2D eigenvalue weighted by molar-refractivity contribution is 0.370. The van der Waals surface area contributed by atoms with Gasteiger partial charge in [0.2, 0.25) is 0 Å². The van der Waals surface area contributed by atoms with Gasteiger partial charge in [0.25, 0.3) is 0 Å². The Kier molecular flexibility index (Phi) is 13.3. The number of rotatable bonds is 13. The largest absolute Gasteiger partial charge is 0.271 e. The van der Waals surface area contributed by atoms with Crippen molar-refractivity contribution in [2.24, 2.45) is 11.8 Å². The summed E-state index contributed by atoms with van der Waals surface area (Å²) in [5.41, 5.74) is 2.99. The lowest BCUT2D eigenvalue weighted by Gasteiger charge is -2.19. The molecule has 0 spiro atoms. The van der Waals surface area contributed by atoms with Gasteiger partial charge < -0.3 is 0 Å². The maximum Gasteiger partial charge on any atom is 0.0213 e. The maximum absolute atomic E-state index is 5.62. The molecule has 0 aliphatic carbocycles. The molecule has 0 radical (unpaired) electrons. The van der Waals surface area contributed by atoms with E-state index >= 15 is 0 Å². The van der Waals surface area contributed by atoms with E-state index in [2.05, 4.69) is 26.2 Å². The second-order valence-electron chi connectivity index (χ2n) is 5.88. The van der Waals surface area contributed by atoms with E-state index in [9.17, 15) is 0 Å². The Morgan fingerprint density at radius 2 is 1.44 bits per heavy atom. The van der Waals surface area contributed by atoms with Crippen molar-refractivity contribution < 1.29 is 0 Å². The van der Waals surface area contributed by atoms with Gasteiger partial charge in [0.1, 0.15) is 0 Å². The van der Waals surface area contributed by atoms with Crippen LogP contribution in [0.15, 0.2) is 0 Å². The molecule has 2 heteroatoms. The molecule has 0 saturated carbocycles. The predicted molar refractivity (Wildman–Crippen MR) is 82.4 cm³/mol. The predicted octanol–water partition coefficient (Wildman–Crippen LogP) is 4.79. The topological polar surface area (TPSA) is 38.0 Å². The van der Waals surface area contributed by atoms with Gasteiger partial charge in [-0.25, -0.2) is 0 Å². The van der Waals surface area contributed by atoms with Crippen molar-refractivity contribution in [1.82, 2.24) is 5.43 Å². The number of hydrazine groups is 1. The zero-order valence-corrected chi connectivity index (χ0v) is 13.0. The number of hydrogen-bond acceptors (Lipinski definition) is 2. The molecular weight excluding hydrogens is 220 g/mol. The Morgan fingerprint density at radius 1 is 0.889 bits per heavy atom. The van der Waals surface area contributed by atoms with Crippen LogP contribution in [0.1, 0.15) is 91.4 Å². The average Bonchev–Trinajstić information content (AvgIpc) is 2.40. The van der Waals surface area contributed by atoms with Gasteiger partial charge in [-0.1, -0.05) is 78.6 Å². The third-order valence-corrected chi connectivity index (χ3v) is 4.03. The van der Waals surface area contributed by atoms with E-state index in [1.807, 2.05) is 0 Å². The monoisotopic (exact) mass is 256 g/mol. The highest BCUT2D eigenvalue weighted by atomic mass is 15.2. The van der Waals surface area contributed by atoms with Crippen molar-refractivity contribution in [3.05, 3.63) is 0 Å². The lowest BCUT2D eigenvalue weighted by Crippen LogP contribution is -2.36. The minimum Gasteiger partial charge on any atom is -0.271 e. The second kappa shape index (κ2) is 13.4. The molecule has 2 nitrogen and oxygen atoms in total. The van der Waals surface area contributed by atoms with Crippen LogP contribution in [0, 0.1) is 5.92 Å². The van der Waals surface area contributed by atoms with Gasteiger partial charge in [-0.15, -0.1) is 0 Å². The van der Waals surface area contributed by atoms with Crippen LogP contribution in [-0.4, -0.2) is 6.04 Å². The standard InChI is InChI=1S/C16H36N2/c1-4-6-7-8-9-10-11-12-13-16(18-17)14-15(3)5-2/h15-16,18H,4-14,17H2,1-3H3. The summed E-state index contributed by atoms with van der Waals surface area (Å²) in [6, 6.07) is 0.528. The van der Waals surface area contributed by atoms with Gasteiger partial charge in [-0.2, -0.15) is 0 Å².